The fourth-order valence-corrected chi connectivity index (χ4v) is 5.27. The fourth-order valence-electron chi connectivity index (χ4n) is 3.74. The standard InChI is InChI=1S/C20H27F2N3O3S/c21-17-7-4-8-18(22)20(17)29(27,28)25-13-11-24(12-14-25)15-19(26)23-10-9-16-5-2-1-3-6-16/h4-5,7-8H,1-3,6,9-15H2,(H,23,26). The predicted molar refractivity (Wildman–Crippen MR) is 106 cm³/mol. The lowest BCUT2D eigenvalue weighted by Gasteiger charge is -2.33. The Bertz CT molecular complexity index is 845. The minimum Gasteiger partial charge on any atom is -0.355 e. The van der Waals surface area contributed by atoms with Crippen LogP contribution in [0.25, 0.3) is 0 Å². The van der Waals surface area contributed by atoms with Crippen molar-refractivity contribution in [1.82, 2.24) is 14.5 Å². The Hall–Kier alpha value is -1.84. The van der Waals surface area contributed by atoms with Gasteiger partial charge in [-0.05, 0) is 44.2 Å². The van der Waals surface area contributed by atoms with E-state index >= 15 is 0 Å². The summed E-state index contributed by atoms with van der Waals surface area (Å²) in [5.74, 6) is -2.29. The molecule has 9 heteroatoms. The maximum absolute atomic E-state index is 13.9. The third-order valence-electron chi connectivity index (χ3n) is 5.37. The molecular formula is C20H27F2N3O3S. The smallest absolute Gasteiger partial charge is 0.249 e. The Balaban J connectivity index is 1.46. The van der Waals surface area contributed by atoms with Gasteiger partial charge in [0.05, 0.1) is 6.54 Å². The van der Waals surface area contributed by atoms with Crippen molar-refractivity contribution >= 4 is 15.9 Å². The van der Waals surface area contributed by atoms with Gasteiger partial charge in [0, 0.05) is 32.7 Å². The lowest BCUT2D eigenvalue weighted by molar-refractivity contribution is -0.122. The number of allylic oxidation sites excluding steroid dienone is 1. The molecule has 1 aliphatic heterocycles. The molecule has 0 bridgehead atoms. The van der Waals surface area contributed by atoms with Crippen LogP contribution in [0.15, 0.2) is 34.7 Å². The third-order valence-corrected chi connectivity index (χ3v) is 7.32. The summed E-state index contributed by atoms with van der Waals surface area (Å²) in [5.41, 5.74) is 1.40. The van der Waals surface area contributed by atoms with Crippen molar-refractivity contribution in [2.24, 2.45) is 0 Å². The molecule has 0 atom stereocenters. The van der Waals surface area contributed by atoms with Crippen molar-refractivity contribution in [3.05, 3.63) is 41.5 Å². The van der Waals surface area contributed by atoms with Crippen molar-refractivity contribution in [2.75, 3.05) is 39.3 Å². The number of halogens is 2. The zero-order valence-corrected chi connectivity index (χ0v) is 17.2. The van der Waals surface area contributed by atoms with E-state index < -0.39 is 26.6 Å². The molecule has 1 aromatic rings. The highest BCUT2D eigenvalue weighted by Crippen LogP contribution is 2.23. The van der Waals surface area contributed by atoms with E-state index in [1.807, 2.05) is 4.90 Å². The van der Waals surface area contributed by atoms with Crippen LogP contribution < -0.4 is 5.32 Å². The van der Waals surface area contributed by atoms with Gasteiger partial charge in [0.2, 0.25) is 15.9 Å². The van der Waals surface area contributed by atoms with Crippen LogP contribution in [0.1, 0.15) is 32.1 Å². The van der Waals surface area contributed by atoms with Crippen LogP contribution in [0.3, 0.4) is 0 Å². The molecule has 2 aliphatic rings. The van der Waals surface area contributed by atoms with Gasteiger partial charge >= 0.3 is 0 Å². The second-order valence-corrected chi connectivity index (χ2v) is 9.31. The van der Waals surface area contributed by atoms with Gasteiger partial charge < -0.3 is 5.32 Å². The molecular weight excluding hydrogens is 400 g/mol. The summed E-state index contributed by atoms with van der Waals surface area (Å²) in [5, 5.41) is 2.91. The normalized spacial score (nSPS) is 19.0. The van der Waals surface area contributed by atoms with Crippen LogP contribution in [0.2, 0.25) is 0 Å². The average molecular weight is 428 g/mol. The molecule has 160 valence electrons. The number of piperazine rings is 1. The number of amides is 1. The number of carbonyl (C=O) groups is 1. The molecule has 0 spiro atoms. The van der Waals surface area contributed by atoms with Gasteiger partial charge in [0.25, 0.3) is 0 Å². The Kier molecular flexibility index (Phi) is 7.37. The second-order valence-electron chi connectivity index (χ2n) is 7.44. The zero-order valence-electron chi connectivity index (χ0n) is 16.4. The van der Waals surface area contributed by atoms with E-state index in [2.05, 4.69) is 11.4 Å². The van der Waals surface area contributed by atoms with Crippen LogP contribution in [0.5, 0.6) is 0 Å². The van der Waals surface area contributed by atoms with E-state index in [0.29, 0.717) is 19.6 Å². The highest BCUT2D eigenvalue weighted by molar-refractivity contribution is 7.89. The van der Waals surface area contributed by atoms with E-state index in [9.17, 15) is 22.0 Å². The highest BCUT2D eigenvalue weighted by atomic mass is 32.2. The predicted octanol–water partition coefficient (Wildman–Crippen LogP) is 2.28. The minimum atomic E-state index is -4.25. The van der Waals surface area contributed by atoms with Crippen LogP contribution >= 0.6 is 0 Å². The van der Waals surface area contributed by atoms with Gasteiger partial charge in [0.1, 0.15) is 11.6 Å². The molecule has 1 aliphatic carbocycles. The number of nitrogens with one attached hydrogen (secondary N) is 1. The van der Waals surface area contributed by atoms with Crippen LogP contribution in [-0.4, -0.2) is 62.8 Å². The van der Waals surface area contributed by atoms with E-state index in [0.717, 1.165) is 41.8 Å². The van der Waals surface area contributed by atoms with Gasteiger partial charge in [-0.3, -0.25) is 9.69 Å². The van der Waals surface area contributed by atoms with Crippen LogP contribution in [-0.2, 0) is 14.8 Å². The number of rotatable bonds is 7. The molecule has 29 heavy (non-hydrogen) atoms. The van der Waals surface area contributed by atoms with Crippen molar-refractivity contribution in [2.45, 2.75) is 37.0 Å². The highest BCUT2D eigenvalue weighted by Gasteiger charge is 2.33. The van der Waals surface area contributed by atoms with Crippen LogP contribution in [0, 0.1) is 11.6 Å². The van der Waals surface area contributed by atoms with Crippen molar-refractivity contribution in [3.63, 3.8) is 0 Å². The molecule has 0 unspecified atom stereocenters. The SMILES string of the molecule is O=C(CN1CCN(S(=O)(=O)c2c(F)cccc2F)CC1)NCCC1=CCCCC1. The number of nitrogens with zero attached hydrogens (tertiary/aromatic N) is 2. The summed E-state index contributed by atoms with van der Waals surface area (Å²) in [4.78, 5) is 13.1. The monoisotopic (exact) mass is 427 g/mol. The van der Waals surface area contributed by atoms with E-state index in [-0.39, 0.29) is 25.5 Å². The Morgan fingerprint density at radius 3 is 2.38 bits per heavy atom. The summed E-state index contributed by atoms with van der Waals surface area (Å²) >= 11 is 0. The van der Waals surface area contributed by atoms with E-state index in [1.54, 1.807) is 0 Å². The average Bonchev–Trinajstić information content (AvgIpc) is 2.69. The summed E-state index contributed by atoms with van der Waals surface area (Å²) in [7, 11) is -4.25. The molecule has 0 aromatic heterocycles. The molecule has 3 rings (SSSR count). The maximum Gasteiger partial charge on any atom is 0.249 e. The number of hydrogen-bond acceptors (Lipinski definition) is 4. The van der Waals surface area contributed by atoms with Gasteiger partial charge in [-0.15, -0.1) is 0 Å². The lowest BCUT2D eigenvalue weighted by Crippen LogP contribution is -2.51. The molecule has 1 fully saturated rings. The van der Waals surface area contributed by atoms with Gasteiger partial charge in [0.15, 0.2) is 4.90 Å². The van der Waals surface area contributed by atoms with E-state index in [4.69, 9.17) is 0 Å². The van der Waals surface area contributed by atoms with E-state index in [1.165, 1.54) is 18.4 Å². The first-order chi connectivity index (χ1) is 13.9. The molecule has 6 nitrogen and oxygen atoms in total. The Morgan fingerprint density at radius 2 is 1.76 bits per heavy atom. The fraction of sp³-hybridized carbons (Fsp3) is 0.550. The quantitative estimate of drug-likeness (QED) is 0.678. The zero-order chi connectivity index (χ0) is 20.9. The Morgan fingerprint density at radius 1 is 1.07 bits per heavy atom. The molecule has 1 aromatic carbocycles. The third kappa shape index (κ3) is 5.61. The van der Waals surface area contributed by atoms with Crippen molar-refractivity contribution < 1.29 is 22.0 Å². The van der Waals surface area contributed by atoms with Crippen molar-refractivity contribution in [1.29, 1.82) is 0 Å². The molecule has 0 radical (unpaired) electrons. The molecule has 1 N–H and O–H groups in total. The summed E-state index contributed by atoms with van der Waals surface area (Å²) in [6, 6.07) is 2.99. The van der Waals surface area contributed by atoms with Gasteiger partial charge in [-0.2, -0.15) is 4.31 Å². The Labute approximate surface area is 170 Å². The van der Waals surface area contributed by atoms with Crippen molar-refractivity contribution in [3.8, 4) is 0 Å². The summed E-state index contributed by atoms with van der Waals surface area (Å²) in [6.45, 7) is 1.60. The molecule has 1 saturated heterocycles. The summed E-state index contributed by atoms with van der Waals surface area (Å²) in [6.07, 6.45) is 7.80. The first kappa shape index (κ1) is 21.9. The lowest BCUT2D eigenvalue weighted by atomic mass is 9.97. The number of hydrogen-bond donors (Lipinski definition) is 1. The first-order valence-corrected chi connectivity index (χ1v) is 11.4. The van der Waals surface area contributed by atoms with Crippen LogP contribution in [0.4, 0.5) is 8.78 Å². The number of benzene rings is 1. The topological polar surface area (TPSA) is 69.7 Å². The number of carbonyl (C=O) groups excluding carboxylic acids is 1. The molecule has 1 amide bonds. The number of sulfonamides is 1. The minimum absolute atomic E-state index is 0.0796. The second kappa shape index (κ2) is 9.77. The molecule has 0 saturated carbocycles. The maximum atomic E-state index is 13.9. The first-order valence-electron chi connectivity index (χ1n) is 9.99. The summed E-state index contributed by atoms with van der Waals surface area (Å²) < 4.78 is 54.0. The van der Waals surface area contributed by atoms with Gasteiger partial charge in [-0.25, -0.2) is 17.2 Å². The molecule has 1 heterocycles. The van der Waals surface area contributed by atoms with Gasteiger partial charge in [-0.1, -0.05) is 17.7 Å². The largest absolute Gasteiger partial charge is 0.355 e.